The molecule has 10 aromatic carbocycles. The molecule has 0 spiro atoms. The summed E-state index contributed by atoms with van der Waals surface area (Å²) in [5.41, 5.74) is 18.5. The van der Waals surface area contributed by atoms with E-state index in [-0.39, 0.29) is 5.41 Å². The topological polar surface area (TPSA) is 3.24 Å². The third-order valence-electron chi connectivity index (χ3n) is 13.3. The molecule has 1 heterocycles. The van der Waals surface area contributed by atoms with Crippen LogP contribution < -0.4 is 4.90 Å². The molecule has 11 aromatic rings. The maximum atomic E-state index is 2.44. The van der Waals surface area contributed by atoms with Gasteiger partial charge in [0, 0.05) is 48.1 Å². The van der Waals surface area contributed by atoms with Crippen LogP contribution in [0.15, 0.2) is 224 Å². The number of hydrogen-bond acceptors (Lipinski definition) is 2. The fraction of sp³-hybridized carbons (Fsp3) is 0.0492. The summed E-state index contributed by atoms with van der Waals surface area (Å²) in [4.78, 5) is 2.44. The van der Waals surface area contributed by atoms with Crippen LogP contribution in [0.1, 0.15) is 25.0 Å². The van der Waals surface area contributed by atoms with Gasteiger partial charge in [0.1, 0.15) is 0 Å². The molecular weight excluding hydrogens is 779 g/mol. The summed E-state index contributed by atoms with van der Waals surface area (Å²) in [5, 5.41) is 5.12. The van der Waals surface area contributed by atoms with Crippen molar-refractivity contribution in [2.24, 2.45) is 0 Å². The number of rotatable bonds is 7. The van der Waals surface area contributed by atoms with Gasteiger partial charge in [-0.15, -0.1) is 11.3 Å². The minimum absolute atomic E-state index is 0.101. The predicted molar refractivity (Wildman–Crippen MR) is 271 cm³/mol. The molecule has 1 aliphatic carbocycles. The summed E-state index contributed by atoms with van der Waals surface area (Å²) in [6.45, 7) is 4.74. The van der Waals surface area contributed by atoms with Gasteiger partial charge in [-0.1, -0.05) is 190 Å². The van der Waals surface area contributed by atoms with Gasteiger partial charge in [0.15, 0.2) is 0 Å². The SMILES string of the molecule is CC1(C)c2ccccc2-c2cccc(-c3ccc(N(c4ccc(-c5cccc(-c6ccc7ccccc7c6)c5)cc4)c4ccccc4-c4cccc5c4sc4ccccc45)cc3)c21. The van der Waals surface area contributed by atoms with Crippen LogP contribution in [0.2, 0.25) is 0 Å². The van der Waals surface area contributed by atoms with E-state index in [1.165, 1.54) is 97.7 Å². The lowest BCUT2D eigenvalue weighted by atomic mass is 9.79. The molecule has 12 rings (SSSR count). The molecule has 1 nitrogen and oxygen atoms in total. The van der Waals surface area contributed by atoms with E-state index in [9.17, 15) is 0 Å². The first-order valence-corrected chi connectivity index (χ1v) is 22.6. The van der Waals surface area contributed by atoms with Crippen LogP contribution in [0.25, 0.3) is 86.6 Å². The smallest absolute Gasteiger partial charge is 0.0540 e. The van der Waals surface area contributed by atoms with Crippen molar-refractivity contribution in [3.8, 4) is 55.6 Å². The van der Waals surface area contributed by atoms with Crippen LogP contribution >= 0.6 is 11.3 Å². The number of anilines is 3. The Kier molecular flexibility index (Phi) is 8.77. The van der Waals surface area contributed by atoms with E-state index in [1.807, 2.05) is 11.3 Å². The summed E-state index contributed by atoms with van der Waals surface area (Å²) in [7, 11) is 0. The molecule has 2 heteroatoms. The highest BCUT2D eigenvalue weighted by molar-refractivity contribution is 7.26. The van der Waals surface area contributed by atoms with Crippen molar-refractivity contribution in [2.75, 3.05) is 4.90 Å². The normalized spacial score (nSPS) is 12.7. The van der Waals surface area contributed by atoms with Gasteiger partial charge in [-0.25, -0.2) is 0 Å². The Balaban J connectivity index is 0.976. The molecule has 0 unspecified atom stereocenters. The minimum Gasteiger partial charge on any atom is -0.310 e. The average molecular weight is 822 g/mol. The van der Waals surface area contributed by atoms with Gasteiger partial charge < -0.3 is 4.90 Å². The number of hydrogen-bond donors (Lipinski definition) is 0. The summed E-state index contributed by atoms with van der Waals surface area (Å²) in [5.74, 6) is 0. The van der Waals surface area contributed by atoms with Crippen LogP contribution in [-0.2, 0) is 5.41 Å². The first-order valence-electron chi connectivity index (χ1n) is 21.8. The third kappa shape index (κ3) is 6.21. The van der Waals surface area contributed by atoms with Gasteiger partial charge in [0.25, 0.3) is 0 Å². The predicted octanol–water partition coefficient (Wildman–Crippen LogP) is 17.7. The molecule has 0 saturated heterocycles. The summed E-state index contributed by atoms with van der Waals surface area (Å²) in [6, 6.07) is 82.8. The van der Waals surface area contributed by atoms with Crippen LogP contribution in [0.5, 0.6) is 0 Å². The van der Waals surface area contributed by atoms with Gasteiger partial charge in [0.2, 0.25) is 0 Å². The lowest BCUT2D eigenvalue weighted by molar-refractivity contribution is 0.662. The van der Waals surface area contributed by atoms with E-state index in [0.29, 0.717) is 0 Å². The summed E-state index contributed by atoms with van der Waals surface area (Å²) in [6.07, 6.45) is 0. The maximum Gasteiger partial charge on any atom is 0.0540 e. The van der Waals surface area contributed by atoms with E-state index in [1.54, 1.807) is 0 Å². The van der Waals surface area contributed by atoms with Crippen molar-refractivity contribution in [1.82, 2.24) is 0 Å². The first kappa shape index (κ1) is 37.3. The second-order valence-corrected chi connectivity index (χ2v) is 18.3. The van der Waals surface area contributed by atoms with E-state index in [4.69, 9.17) is 0 Å². The van der Waals surface area contributed by atoms with Crippen molar-refractivity contribution in [3.05, 3.63) is 236 Å². The molecule has 0 N–H and O–H groups in total. The fourth-order valence-electron chi connectivity index (χ4n) is 10.2. The summed E-state index contributed by atoms with van der Waals surface area (Å²) >= 11 is 1.88. The monoisotopic (exact) mass is 821 g/mol. The molecule has 63 heavy (non-hydrogen) atoms. The number of benzene rings is 10. The van der Waals surface area contributed by atoms with Crippen LogP contribution in [0.4, 0.5) is 17.1 Å². The van der Waals surface area contributed by atoms with E-state index in [2.05, 4.69) is 243 Å². The molecule has 0 fully saturated rings. The average Bonchev–Trinajstić information content (AvgIpc) is 3.84. The van der Waals surface area contributed by atoms with Gasteiger partial charge >= 0.3 is 0 Å². The zero-order valence-electron chi connectivity index (χ0n) is 35.2. The molecule has 0 radical (unpaired) electrons. The van der Waals surface area contributed by atoms with Crippen molar-refractivity contribution in [3.63, 3.8) is 0 Å². The largest absolute Gasteiger partial charge is 0.310 e. The fourth-order valence-corrected chi connectivity index (χ4v) is 11.4. The lowest BCUT2D eigenvalue weighted by Crippen LogP contribution is -2.16. The highest BCUT2D eigenvalue weighted by atomic mass is 32.1. The maximum absolute atomic E-state index is 2.44. The number of fused-ring (bicyclic) bond motifs is 7. The van der Waals surface area contributed by atoms with Crippen LogP contribution in [0.3, 0.4) is 0 Å². The Morgan fingerprint density at radius 1 is 0.365 bits per heavy atom. The lowest BCUT2D eigenvalue weighted by Gasteiger charge is -2.29. The molecule has 0 saturated carbocycles. The zero-order chi connectivity index (χ0) is 42.1. The standard InChI is InChI=1S/C61H43NS/c1-61(2)56-25-8-5-18-50(56)53-22-12-21-49(59(53)61)42-32-36-48(37-33-42)62(57-26-9-6-19-51(57)54-23-13-24-55-52-20-7-10-27-58(52)63-60(54)55)47-34-30-41(31-35-47)44-16-11-17-45(38-44)46-29-28-40-14-3-4-15-43(40)39-46/h3-39H,1-2H3. The molecule has 0 bridgehead atoms. The van der Waals surface area contributed by atoms with E-state index < -0.39 is 0 Å². The van der Waals surface area contributed by atoms with Crippen LogP contribution in [-0.4, -0.2) is 0 Å². The van der Waals surface area contributed by atoms with Gasteiger partial charge in [-0.05, 0) is 115 Å². The second-order valence-electron chi connectivity index (χ2n) is 17.3. The number of para-hydroxylation sites is 1. The molecule has 0 amide bonds. The molecule has 298 valence electrons. The Labute approximate surface area is 372 Å². The van der Waals surface area contributed by atoms with E-state index >= 15 is 0 Å². The van der Waals surface area contributed by atoms with Crippen LogP contribution in [0, 0.1) is 0 Å². The quantitative estimate of drug-likeness (QED) is 0.155. The molecule has 1 aliphatic rings. The minimum atomic E-state index is -0.101. The first-order chi connectivity index (χ1) is 31.0. The van der Waals surface area contributed by atoms with Crippen molar-refractivity contribution >= 4 is 59.3 Å². The Hall–Kier alpha value is -7.52. The zero-order valence-corrected chi connectivity index (χ0v) is 36.0. The molecule has 0 atom stereocenters. The third-order valence-corrected chi connectivity index (χ3v) is 14.5. The van der Waals surface area contributed by atoms with Crippen molar-refractivity contribution in [2.45, 2.75) is 19.3 Å². The van der Waals surface area contributed by atoms with Crippen molar-refractivity contribution < 1.29 is 0 Å². The molecular formula is C61H43NS. The number of thiophene rings is 1. The molecule has 1 aromatic heterocycles. The summed E-state index contributed by atoms with van der Waals surface area (Å²) < 4.78 is 2.62. The highest BCUT2D eigenvalue weighted by Gasteiger charge is 2.37. The Morgan fingerprint density at radius 3 is 1.75 bits per heavy atom. The van der Waals surface area contributed by atoms with Crippen molar-refractivity contribution in [1.29, 1.82) is 0 Å². The number of nitrogens with zero attached hydrogens (tertiary/aromatic N) is 1. The Morgan fingerprint density at radius 2 is 0.921 bits per heavy atom. The molecule has 0 aliphatic heterocycles. The van der Waals surface area contributed by atoms with Gasteiger partial charge in [-0.3, -0.25) is 0 Å². The second kappa shape index (κ2) is 14.8. The van der Waals surface area contributed by atoms with Gasteiger partial charge in [0.05, 0.1) is 5.69 Å². The Bertz CT molecular complexity index is 3540. The van der Waals surface area contributed by atoms with E-state index in [0.717, 1.165) is 17.1 Å². The highest BCUT2D eigenvalue weighted by Crippen LogP contribution is 2.52. The van der Waals surface area contributed by atoms with Gasteiger partial charge in [-0.2, -0.15) is 0 Å².